The number of carbonyl (C=O) groups is 1. The highest BCUT2D eigenvalue weighted by Crippen LogP contribution is 2.26. The number of hydrogen-bond donors (Lipinski definition) is 2. The predicted octanol–water partition coefficient (Wildman–Crippen LogP) is 3.01. The van der Waals surface area contributed by atoms with Crippen molar-refractivity contribution in [3.63, 3.8) is 0 Å². The SMILES string of the molecule is O=C(c1ccc2[nH]c(=O)[nH]c2c1)C1CCCCCC1. The zero-order chi connectivity index (χ0) is 13.2. The van der Waals surface area contributed by atoms with Crippen molar-refractivity contribution < 1.29 is 4.79 Å². The van der Waals surface area contributed by atoms with Crippen LogP contribution >= 0.6 is 0 Å². The van der Waals surface area contributed by atoms with Gasteiger partial charge < -0.3 is 9.97 Å². The van der Waals surface area contributed by atoms with Gasteiger partial charge >= 0.3 is 5.69 Å². The Bertz CT molecular complexity index is 645. The molecule has 19 heavy (non-hydrogen) atoms. The van der Waals surface area contributed by atoms with E-state index in [1.165, 1.54) is 12.8 Å². The highest BCUT2D eigenvalue weighted by Gasteiger charge is 2.21. The van der Waals surface area contributed by atoms with Gasteiger partial charge in [-0.1, -0.05) is 25.7 Å². The van der Waals surface area contributed by atoms with Crippen molar-refractivity contribution in [3.05, 3.63) is 34.2 Å². The molecule has 1 saturated carbocycles. The first-order valence-electron chi connectivity index (χ1n) is 7.00. The van der Waals surface area contributed by atoms with Gasteiger partial charge in [0.25, 0.3) is 0 Å². The number of Topliss-reactive ketones (excluding diaryl/α,β-unsaturated/α-hetero) is 1. The lowest BCUT2D eigenvalue weighted by molar-refractivity contribution is 0.0908. The van der Waals surface area contributed by atoms with Gasteiger partial charge in [0.05, 0.1) is 11.0 Å². The molecule has 0 bridgehead atoms. The molecular weight excluding hydrogens is 240 g/mol. The van der Waals surface area contributed by atoms with Crippen molar-refractivity contribution in [2.75, 3.05) is 0 Å². The molecule has 4 heteroatoms. The summed E-state index contributed by atoms with van der Waals surface area (Å²) >= 11 is 0. The molecule has 0 saturated heterocycles. The molecule has 0 amide bonds. The van der Waals surface area contributed by atoms with Crippen LogP contribution in [0.4, 0.5) is 0 Å². The fourth-order valence-electron chi connectivity index (χ4n) is 2.96. The Labute approximate surface area is 111 Å². The summed E-state index contributed by atoms with van der Waals surface area (Å²) in [6.07, 6.45) is 6.79. The quantitative estimate of drug-likeness (QED) is 0.642. The van der Waals surface area contributed by atoms with Gasteiger partial charge in [-0.3, -0.25) is 4.79 Å². The van der Waals surface area contributed by atoms with Crippen LogP contribution in [0.15, 0.2) is 23.0 Å². The molecule has 0 unspecified atom stereocenters. The van der Waals surface area contributed by atoms with Gasteiger partial charge in [0.1, 0.15) is 0 Å². The molecule has 0 spiro atoms. The minimum absolute atomic E-state index is 0.158. The summed E-state index contributed by atoms with van der Waals surface area (Å²) in [6, 6.07) is 5.41. The number of carbonyl (C=O) groups excluding carboxylic acids is 1. The molecule has 100 valence electrons. The van der Waals surface area contributed by atoms with Crippen molar-refractivity contribution in [1.29, 1.82) is 0 Å². The van der Waals surface area contributed by atoms with Gasteiger partial charge in [-0.2, -0.15) is 0 Å². The Morgan fingerprint density at radius 2 is 1.68 bits per heavy atom. The number of imidazole rings is 1. The number of aromatic amines is 2. The Morgan fingerprint density at radius 1 is 1.00 bits per heavy atom. The second-order valence-corrected chi connectivity index (χ2v) is 5.39. The maximum absolute atomic E-state index is 12.5. The average molecular weight is 258 g/mol. The van der Waals surface area contributed by atoms with E-state index in [9.17, 15) is 9.59 Å². The monoisotopic (exact) mass is 258 g/mol. The number of H-pyrrole nitrogens is 2. The van der Waals surface area contributed by atoms with E-state index >= 15 is 0 Å². The molecule has 2 N–H and O–H groups in total. The lowest BCUT2D eigenvalue weighted by atomic mass is 9.91. The molecule has 2 aromatic rings. The second kappa shape index (κ2) is 5.03. The molecular formula is C15H18N2O2. The van der Waals surface area contributed by atoms with Crippen LogP contribution in [-0.4, -0.2) is 15.8 Å². The smallest absolute Gasteiger partial charge is 0.306 e. The maximum atomic E-state index is 12.5. The number of fused-ring (bicyclic) bond motifs is 1. The largest absolute Gasteiger partial charge is 0.323 e. The van der Waals surface area contributed by atoms with E-state index in [0.29, 0.717) is 5.52 Å². The molecule has 1 fully saturated rings. The standard InChI is InChI=1S/C15H18N2O2/c18-14(10-5-3-1-2-4-6-10)11-7-8-12-13(9-11)17-15(19)16-12/h7-10H,1-6H2,(H2,16,17,19). The first kappa shape index (κ1) is 12.2. The third-order valence-corrected chi connectivity index (χ3v) is 4.03. The summed E-state index contributed by atoms with van der Waals surface area (Å²) in [5, 5.41) is 0. The fourth-order valence-corrected chi connectivity index (χ4v) is 2.96. The number of benzene rings is 1. The molecule has 0 radical (unpaired) electrons. The Balaban J connectivity index is 1.89. The molecule has 1 aromatic heterocycles. The minimum Gasteiger partial charge on any atom is -0.306 e. The maximum Gasteiger partial charge on any atom is 0.323 e. The summed E-state index contributed by atoms with van der Waals surface area (Å²) in [5.74, 6) is 0.386. The second-order valence-electron chi connectivity index (χ2n) is 5.39. The highest BCUT2D eigenvalue weighted by molar-refractivity contribution is 6.00. The normalized spacial score (nSPS) is 17.5. The van der Waals surface area contributed by atoms with E-state index in [2.05, 4.69) is 9.97 Å². The molecule has 4 nitrogen and oxygen atoms in total. The average Bonchev–Trinajstić information content (AvgIpc) is 2.63. The summed E-state index contributed by atoms with van der Waals surface area (Å²) < 4.78 is 0. The van der Waals surface area contributed by atoms with Gasteiger partial charge in [-0.25, -0.2) is 4.79 Å². The number of aromatic nitrogens is 2. The Hall–Kier alpha value is -1.84. The predicted molar refractivity (Wildman–Crippen MR) is 74.4 cm³/mol. The van der Waals surface area contributed by atoms with Crippen LogP contribution in [-0.2, 0) is 0 Å². The van der Waals surface area contributed by atoms with Crippen LogP contribution < -0.4 is 5.69 Å². The lowest BCUT2D eigenvalue weighted by Crippen LogP contribution is -2.13. The third kappa shape index (κ3) is 2.48. The van der Waals surface area contributed by atoms with E-state index in [4.69, 9.17) is 0 Å². The van der Waals surface area contributed by atoms with Crippen molar-refractivity contribution in [2.45, 2.75) is 38.5 Å². The van der Waals surface area contributed by atoms with Crippen molar-refractivity contribution in [2.24, 2.45) is 5.92 Å². The first-order valence-corrected chi connectivity index (χ1v) is 7.00. The third-order valence-electron chi connectivity index (χ3n) is 4.03. The molecule has 0 aliphatic heterocycles. The topological polar surface area (TPSA) is 65.7 Å². The van der Waals surface area contributed by atoms with Gasteiger partial charge in [0.2, 0.25) is 0 Å². The van der Waals surface area contributed by atoms with E-state index in [-0.39, 0.29) is 17.4 Å². The molecule has 0 atom stereocenters. The van der Waals surface area contributed by atoms with Crippen LogP contribution in [0.1, 0.15) is 48.9 Å². The number of ketones is 1. The zero-order valence-corrected chi connectivity index (χ0v) is 10.9. The minimum atomic E-state index is -0.228. The summed E-state index contributed by atoms with van der Waals surface area (Å²) in [4.78, 5) is 29.1. The van der Waals surface area contributed by atoms with Crippen molar-refractivity contribution in [1.82, 2.24) is 9.97 Å². The lowest BCUT2D eigenvalue weighted by Gasteiger charge is -2.12. The molecule has 1 heterocycles. The molecule has 1 aliphatic rings. The zero-order valence-electron chi connectivity index (χ0n) is 10.9. The van der Waals surface area contributed by atoms with Gasteiger partial charge in [0.15, 0.2) is 5.78 Å². The van der Waals surface area contributed by atoms with E-state index in [0.717, 1.165) is 36.8 Å². The van der Waals surface area contributed by atoms with E-state index in [1.807, 2.05) is 6.07 Å². The molecule has 3 rings (SSSR count). The number of hydrogen-bond acceptors (Lipinski definition) is 2. The van der Waals surface area contributed by atoms with Crippen molar-refractivity contribution >= 4 is 16.8 Å². The Kier molecular flexibility index (Phi) is 3.23. The Morgan fingerprint density at radius 3 is 2.42 bits per heavy atom. The van der Waals surface area contributed by atoms with E-state index in [1.54, 1.807) is 12.1 Å². The highest BCUT2D eigenvalue weighted by atomic mass is 16.1. The molecule has 1 aliphatic carbocycles. The van der Waals surface area contributed by atoms with Crippen LogP contribution in [0.2, 0.25) is 0 Å². The van der Waals surface area contributed by atoms with Crippen molar-refractivity contribution in [3.8, 4) is 0 Å². The van der Waals surface area contributed by atoms with Gasteiger partial charge in [-0.15, -0.1) is 0 Å². The summed E-state index contributed by atoms with van der Waals surface area (Å²) in [7, 11) is 0. The van der Waals surface area contributed by atoms with Crippen LogP contribution in [0.3, 0.4) is 0 Å². The first-order chi connectivity index (χ1) is 9.24. The van der Waals surface area contributed by atoms with Crippen LogP contribution in [0.5, 0.6) is 0 Å². The fraction of sp³-hybridized carbons (Fsp3) is 0.467. The van der Waals surface area contributed by atoms with Gasteiger partial charge in [0, 0.05) is 11.5 Å². The molecule has 1 aromatic carbocycles. The summed E-state index contributed by atoms with van der Waals surface area (Å²) in [6.45, 7) is 0. The number of rotatable bonds is 2. The number of nitrogens with one attached hydrogen (secondary N) is 2. The van der Waals surface area contributed by atoms with Crippen LogP contribution in [0, 0.1) is 5.92 Å². The van der Waals surface area contributed by atoms with Gasteiger partial charge in [-0.05, 0) is 31.0 Å². The van der Waals surface area contributed by atoms with Crippen LogP contribution in [0.25, 0.3) is 11.0 Å². The summed E-state index contributed by atoms with van der Waals surface area (Å²) in [5.41, 5.74) is 1.95. The van der Waals surface area contributed by atoms with E-state index < -0.39 is 0 Å².